The highest BCUT2D eigenvalue weighted by molar-refractivity contribution is 8.93. The summed E-state index contributed by atoms with van der Waals surface area (Å²) in [4.78, 5) is 12.6. The molecule has 232 valence electrons. The zero-order valence-electron chi connectivity index (χ0n) is 26.8. The summed E-state index contributed by atoms with van der Waals surface area (Å²) in [5.41, 5.74) is 2.39. The number of alkyl carbamates (subject to hydrolysis) is 1. The molecule has 0 bridgehead atoms. The van der Waals surface area contributed by atoms with Gasteiger partial charge in [0.15, 0.2) is 0 Å². The fourth-order valence-electron chi connectivity index (χ4n) is 9.79. The lowest BCUT2D eigenvalue weighted by atomic mass is 9.47. The lowest BCUT2D eigenvalue weighted by Gasteiger charge is -2.58. The first-order valence-corrected chi connectivity index (χ1v) is 16.5. The van der Waals surface area contributed by atoms with Crippen LogP contribution < -0.4 is 5.32 Å². The Balaban J connectivity index is 0.00000441. The molecule has 0 aromatic heterocycles. The molecule has 4 aliphatic rings. The third-order valence-electron chi connectivity index (χ3n) is 12.2. The number of allylic oxidation sites excluding steroid dienone is 1. The maximum atomic E-state index is 12.6. The summed E-state index contributed by atoms with van der Waals surface area (Å²) in [5.74, 6) is 5.12. The molecule has 4 aliphatic carbocycles. The van der Waals surface area contributed by atoms with Crippen LogP contribution in [0.1, 0.15) is 105 Å². The minimum absolute atomic E-state index is 0. The largest absolute Gasteiger partial charge is 0.446 e. The molecule has 4 rings (SSSR count). The SMILES string of the molecule is Br.CC(C)CCC[C@@H](C)[C@H]1CC[C@H]2[C@@H]3CC=C4CC(OC(=O)NCC[N+](C)(C)CCO)CC[C@]4(C)[C@H]3CC[C@]12C. The van der Waals surface area contributed by atoms with E-state index in [4.69, 9.17) is 4.74 Å². The van der Waals surface area contributed by atoms with Crippen LogP contribution in [0, 0.1) is 46.3 Å². The van der Waals surface area contributed by atoms with Crippen molar-refractivity contribution in [3.63, 3.8) is 0 Å². The summed E-state index contributed by atoms with van der Waals surface area (Å²) in [6.07, 6.45) is 16.5. The van der Waals surface area contributed by atoms with E-state index >= 15 is 0 Å². The van der Waals surface area contributed by atoms with Crippen molar-refractivity contribution in [2.45, 2.75) is 111 Å². The van der Waals surface area contributed by atoms with E-state index in [9.17, 15) is 9.90 Å². The van der Waals surface area contributed by atoms with Crippen molar-refractivity contribution in [3.05, 3.63) is 11.6 Å². The number of aliphatic hydroxyl groups excluding tert-OH is 1. The van der Waals surface area contributed by atoms with Crippen LogP contribution >= 0.6 is 17.0 Å². The standard InChI is InChI=1S/C34H60N2O3.BrH/c1-24(2)9-8-10-25(3)29-13-14-30-28-12-11-26-23-27(39-32(38)35-19-20-36(6,7)21-22-37)15-17-33(26,4)31(28)16-18-34(29,30)5;/h11,24-25,27-31,37H,8-10,12-23H2,1-7H3;1H/p+1/t25-,27?,28+,29-,30+,31+,33+,34-;/m1./s1. The fourth-order valence-corrected chi connectivity index (χ4v) is 9.79. The Kier molecular flexibility index (Phi) is 11.7. The van der Waals surface area contributed by atoms with Crippen LogP contribution in [-0.2, 0) is 4.74 Å². The number of nitrogens with one attached hydrogen (secondary N) is 1. The van der Waals surface area contributed by atoms with Gasteiger partial charge in [-0.05, 0) is 91.3 Å². The number of amides is 1. The van der Waals surface area contributed by atoms with Gasteiger partial charge in [0.1, 0.15) is 12.6 Å². The first kappa shape index (κ1) is 33.9. The average Bonchev–Trinajstić information content (AvgIpc) is 3.21. The van der Waals surface area contributed by atoms with Crippen molar-refractivity contribution in [2.24, 2.45) is 46.3 Å². The predicted molar refractivity (Wildman–Crippen MR) is 171 cm³/mol. The molecule has 0 aromatic carbocycles. The molecule has 5 nitrogen and oxygen atoms in total. The van der Waals surface area contributed by atoms with E-state index in [2.05, 4.69) is 60.1 Å². The molecule has 2 N–H and O–H groups in total. The summed E-state index contributed by atoms with van der Waals surface area (Å²) in [6, 6.07) is 0. The van der Waals surface area contributed by atoms with Gasteiger partial charge in [0.05, 0.1) is 33.8 Å². The Hall–Kier alpha value is -0.590. The number of fused-ring (bicyclic) bond motifs is 5. The van der Waals surface area contributed by atoms with Crippen LogP contribution in [0.4, 0.5) is 4.79 Å². The molecular formula is C34H62BrN2O3+. The van der Waals surface area contributed by atoms with E-state index in [1.165, 1.54) is 51.4 Å². The number of aliphatic hydroxyl groups is 1. The van der Waals surface area contributed by atoms with E-state index in [0.717, 1.165) is 61.3 Å². The van der Waals surface area contributed by atoms with Gasteiger partial charge in [0.25, 0.3) is 0 Å². The Morgan fingerprint density at radius 2 is 1.82 bits per heavy atom. The van der Waals surface area contributed by atoms with Crippen molar-refractivity contribution < 1.29 is 19.1 Å². The van der Waals surface area contributed by atoms with E-state index < -0.39 is 0 Å². The van der Waals surface area contributed by atoms with Crippen molar-refractivity contribution >= 4 is 23.1 Å². The van der Waals surface area contributed by atoms with E-state index in [0.29, 0.717) is 23.0 Å². The minimum atomic E-state index is -0.283. The van der Waals surface area contributed by atoms with Crippen LogP contribution in [0.25, 0.3) is 0 Å². The zero-order chi connectivity index (χ0) is 28.4. The number of carbonyl (C=O) groups is 1. The monoisotopic (exact) mass is 625 g/mol. The van der Waals surface area contributed by atoms with Crippen LogP contribution in [0.5, 0.6) is 0 Å². The van der Waals surface area contributed by atoms with Gasteiger partial charge in [-0.2, -0.15) is 0 Å². The minimum Gasteiger partial charge on any atom is -0.446 e. The number of ether oxygens (including phenoxy) is 1. The van der Waals surface area contributed by atoms with Gasteiger partial charge in [0.2, 0.25) is 0 Å². The fraction of sp³-hybridized carbons (Fsp3) is 0.912. The van der Waals surface area contributed by atoms with Gasteiger partial charge < -0.3 is 19.6 Å². The first-order valence-electron chi connectivity index (χ1n) is 16.5. The number of nitrogens with zero attached hydrogens (tertiary/aromatic N) is 1. The van der Waals surface area contributed by atoms with Crippen LogP contribution in [-0.4, -0.2) is 62.1 Å². The van der Waals surface area contributed by atoms with Gasteiger partial charge in [-0.1, -0.05) is 65.5 Å². The number of halogens is 1. The highest BCUT2D eigenvalue weighted by Crippen LogP contribution is 2.67. The lowest BCUT2D eigenvalue weighted by molar-refractivity contribution is -0.889. The van der Waals surface area contributed by atoms with Crippen molar-refractivity contribution in [2.75, 3.05) is 40.3 Å². The van der Waals surface area contributed by atoms with Gasteiger partial charge >= 0.3 is 6.09 Å². The molecule has 40 heavy (non-hydrogen) atoms. The molecule has 0 heterocycles. The van der Waals surface area contributed by atoms with Crippen molar-refractivity contribution in [3.8, 4) is 0 Å². The summed E-state index contributed by atoms with van der Waals surface area (Å²) >= 11 is 0. The molecule has 0 saturated heterocycles. The normalized spacial score (nSPS) is 36.0. The third-order valence-corrected chi connectivity index (χ3v) is 12.2. The molecule has 3 fully saturated rings. The van der Waals surface area contributed by atoms with Gasteiger partial charge in [-0.15, -0.1) is 17.0 Å². The summed E-state index contributed by atoms with van der Waals surface area (Å²) in [6.45, 7) is 14.7. The summed E-state index contributed by atoms with van der Waals surface area (Å²) in [7, 11) is 4.14. The number of quaternary nitrogens is 1. The number of rotatable bonds is 11. The Labute approximate surface area is 256 Å². The maximum Gasteiger partial charge on any atom is 0.407 e. The Morgan fingerprint density at radius 1 is 1.07 bits per heavy atom. The second kappa shape index (κ2) is 13.8. The van der Waals surface area contributed by atoms with Gasteiger partial charge in [0, 0.05) is 6.42 Å². The molecule has 0 radical (unpaired) electrons. The van der Waals surface area contributed by atoms with Crippen LogP contribution in [0.3, 0.4) is 0 Å². The van der Waals surface area contributed by atoms with E-state index in [1.54, 1.807) is 5.57 Å². The number of carbonyl (C=O) groups excluding carboxylic acids is 1. The topological polar surface area (TPSA) is 58.6 Å². The predicted octanol–water partition coefficient (Wildman–Crippen LogP) is 7.77. The molecule has 6 heteroatoms. The highest BCUT2D eigenvalue weighted by atomic mass is 79.9. The summed E-state index contributed by atoms with van der Waals surface area (Å²) < 4.78 is 6.61. The Bertz CT molecular complexity index is 875. The van der Waals surface area contributed by atoms with Gasteiger partial charge in [-0.25, -0.2) is 4.79 Å². The average molecular weight is 627 g/mol. The molecular weight excluding hydrogens is 564 g/mol. The molecule has 0 spiro atoms. The smallest absolute Gasteiger partial charge is 0.407 e. The zero-order valence-corrected chi connectivity index (χ0v) is 28.6. The van der Waals surface area contributed by atoms with Gasteiger partial charge in [-0.3, -0.25) is 0 Å². The molecule has 0 aliphatic heterocycles. The molecule has 8 atom stereocenters. The number of hydrogen-bond donors (Lipinski definition) is 2. The number of likely N-dealkylation sites (N-methyl/N-ethyl adjacent to an activating group) is 1. The third kappa shape index (κ3) is 7.30. The summed E-state index contributed by atoms with van der Waals surface area (Å²) in [5, 5.41) is 12.2. The second-order valence-corrected chi connectivity index (χ2v) is 15.6. The quantitative estimate of drug-likeness (QED) is 0.182. The van der Waals surface area contributed by atoms with E-state index in [1.807, 2.05) is 0 Å². The molecule has 0 aromatic rings. The Morgan fingerprint density at radius 3 is 2.52 bits per heavy atom. The van der Waals surface area contributed by atoms with E-state index in [-0.39, 0.29) is 41.2 Å². The van der Waals surface area contributed by atoms with Crippen LogP contribution in [0.15, 0.2) is 11.6 Å². The van der Waals surface area contributed by atoms with Crippen molar-refractivity contribution in [1.29, 1.82) is 0 Å². The highest BCUT2D eigenvalue weighted by Gasteiger charge is 2.59. The van der Waals surface area contributed by atoms with Crippen LogP contribution in [0.2, 0.25) is 0 Å². The second-order valence-electron chi connectivity index (χ2n) is 15.6. The molecule has 1 unspecified atom stereocenters. The molecule has 3 saturated carbocycles. The lowest BCUT2D eigenvalue weighted by Crippen LogP contribution is -2.51. The number of hydrogen-bond acceptors (Lipinski definition) is 3. The van der Waals surface area contributed by atoms with Crippen molar-refractivity contribution in [1.82, 2.24) is 5.32 Å². The first-order chi connectivity index (χ1) is 18.4. The molecule has 1 amide bonds. The maximum absolute atomic E-state index is 12.6.